The van der Waals surface area contributed by atoms with Gasteiger partial charge in [0.05, 0.1) is 5.56 Å². The summed E-state index contributed by atoms with van der Waals surface area (Å²) in [5.41, 5.74) is 4.16. The van der Waals surface area contributed by atoms with Crippen molar-refractivity contribution in [2.24, 2.45) is 0 Å². The Kier molecular flexibility index (Phi) is 7.89. The maximum absolute atomic E-state index is 14.3. The molecule has 0 unspecified atom stereocenters. The molecule has 130 valence electrons. The molecule has 0 aliphatic carbocycles. The smallest absolute Gasteiger partial charge is 0.254 e. The number of carbonyl (C=O) groups is 1. The van der Waals surface area contributed by atoms with Crippen molar-refractivity contribution in [1.82, 2.24) is 10.6 Å². The fraction of sp³-hybridized carbons (Fsp3) is 0.316. The van der Waals surface area contributed by atoms with Crippen LogP contribution >= 0.6 is 12.4 Å². The third-order valence-electron chi connectivity index (χ3n) is 3.89. The predicted molar refractivity (Wildman–Crippen MR) is 99.4 cm³/mol. The van der Waals surface area contributed by atoms with Gasteiger partial charge in [-0.3, -0.25) is 4.79 Å². The summed E-state index contributed by atoms with van der Waals surface area (Å²) in [4.78, 5) is 12.0. The van der Waals surface area contributed by atoms with Gasteiger partial charge in [-0.2, -0.15) is 0 Å². The molecule has 0 atom stereocenters. The van der Waals surface area contributed by atoms with Crippen molar-refractivity contribution < 1.29 is 9.18 Å². The van der Waals surface area contributed by atoms with Crippen molar-refractivity contribution in [3.05, 3.63) is 58.9 Å². The SMILES string of the molecule is CCNCCNC(=O)c1ccc(-c2ccc(C)c(C)c2)cc1F.Cl. The van der Waals surface area contributed by atoms with Crippen LogP contribution in [0, 0.1) is 19.7 Å². The van der Waals surface area contributed by atoms with Crippen LogP contribution in [0.5, 0.6) is 0 Å². The molecule has 0 aromatic heterocycles. The molecule has 0 radical (unpaired) electrons. The van der Waals surface area contributed by atoms with E-state index in [0.29, 0.717) is 13.1 Å². The fourth-order valence-corrected chi connectivity index (χ4v) is 2.34. The molecule has 0 spiro atoms. The lowest BCUT2D eigenvalue weighted by Gasteiger charge is -2.09. The largest absolute Gasteiger partial charge is 0.351 e. The van der Waals surface area contributed by atoms with E-state index >= 15 is 0 Å². The van der Waals surface area contributed by atoms with Crippen LogP contribution < -0.4 is 10.6 Å². The molecule has 24 heavy (non-hydrogen) atoms. The molecule has 2 aromatic rings. The summed E-state index contributed by atoms with van der Waals surface area (Å²) in [6.07, 6.45) is 0. The highest BCUT2D eigenvalue weighted by atomic mass is 35.5. The number of hydrogen-bond donors (Lipinski definition) is 2. The van der Waals surface area contributed by atoms with Gasteiger partial charge in [-0.25, -0.2) is 4.39 Å². The number of nitrogens with one attached hydrogen (secondary N) is 2. The number of aryl methyl sites for hydroxylation is 2. The number of hydrogen-bond acceptors (Lipinski definition) is 2. The summed E-state index contributed by atoms with van der Waals surface area (Å²) in [5, 5.41) is 5.81. The van der Waals surface area contributed by atoms with E-state index in [-0.39, 0.29) is 23.9 Å². The maximum atomic E-state index is 14.3. The average molecular weight is 351 g/mol. The normalized spacial score (nSPS) is 10.2. The molecule has 2 aromatic carbocycles. The van der Waals surface area contributed by atoms with Crippen molar-refractivity contribution in [3.8, 4) is 11.1 Å². The highest BCUT2D eigenvalue weighted by molar-refractivity contribution is 5.95. The van der Waals surface area contributed by atoms with E-state index in [9.17, 15) is 9.18 Å². The van der Waals surface area contributed by atoms with E-state index in [0.717, 1.165) is 23.2 Å². The molecular weight excluding hydrogens is 327 g/mol. The van der Waals surface area contributed by atoms with Crippen LogP contribution in [0.2, 0.25) is 0 Å². The van der Waals surface area contributed by atoms with Gasteiger partial charge in [0, 0.05) is 13.1 Å². The van der Waals surface area contributed by atoms with E-state index in [2.05, 4.69) is 10.6 Å². The zero-order valence-electron chi connectivity index (χ0n) is 14.3. The summed E-state index contributed by atoms with van der Waals surface area (Å²) < 4.78 is 14.3. The Morgan fingerprint density at radius 2 is 1.67 bits per heavy atom. The molecule has 1 amide bonds. The maximum Gasteiger partial charge on any atom is 0.254 e. The predicted octanol–water partition coefficient (Wildman–Crippen LogP) is 3.87. The molecule has 0 bridgehead atoms. The Bertz CT molecular complexity index is 704. The highest BCUT2D eigenvalue weighted by Crippen LogP contribution is 2.24. The molecule has 5 heteroatoms. The molecule has 0 heterocycles. The quantitative estimate of drug-likeness (QED) is 0.776. The van der Waals surface area contributed by atoms with Gasteiger partial charge in [-0.15, -0.1) is 12.4 Å². The van der Waals surface area contributed by atoms with Gasteiger partial charge in [0.25, 0.3) is 5.91 Å². The summed E-state index contributed by atoms with van der Waals surface area (Å²) in [7, 11) is 0. The van der Waals surface area contributed by atoms with Gasteiger partial charge in [-0.05, 0) is 54.8 Å². The summed E-state index contributed by atoms with van der Waals surface area (Å²) in [6, 6.07) is 10.8. The van der Waals surface area contributed by atoms with E-state index < -0.39 is 5.82 Å². The Morgan fingerprint density at radius 3 is 2.29 bits per heavy atom. The van der Waals surface area contributed by atoms with Crippen molar-refractivity contribution in [2.75, 3.05) is 19.6 Å². The first-order chi connectivity index (χ1) is 11.0. The summed E-state index contributed by atoms with van der Waals surface area (Å²) >= 11 is 0. The van der Waals surface area contributed by atoms with Gasteiger partial charge >= 0.3 is 0 Å². The lowest BCUT2D eigenvalue weighted by atomic mass is 9.99. The molecule has 0 aliphatic heterocycles. The van der Waals surface area contributed by atoms with Gasteiger partial charge < -0.3 is 10.6 Å². The van der Waals surface area contributed by atoms with E-state index in [1.807, 2.05) is 39.0 Å². The topological polar surface area (TPSA) is 41.1 Å². The van der Waals surface area contributed by atoms with E-state index in [1.165, 1.54) is 11.6 Å². The first-order valence-electron chi connectivity index (χ1n) is 7.89. The number of carbonyl (C=O) groups excluding carboxylic acids is 1. The number of amides is 1. The van der Waals surface area contributed by atoms with Gasteiger partial charge in [0.2, 0.25) is 0 Å². The van der Waals surface area contributed by atoms with Crippen molar-refractivity contribution >= 4 is 18.3 Å². The molecular formula is C19H24ClFN2O. The molecule has 3 nitrogen and oxygen atoms in total. The van der Waals surface area contributed by atoms with Crippen LogP contribution in [0.1, 0.15) is 28.4 Å². The zero-order chi connectivity index (χ0) is 16.8. The Balaban J connectivity index is 0.00000288. The number of likely N-dealkylation sites (N-methyl/N-ethyl adjacent to an activating group) is 1. The molecule has 0 aliphatic rings. The Labute approximate surface area is 149 Å². The Morgan fingerprint density at radius 1 is 1.00 bits per heavy atom. The average Bonchev–Trinajstić information content (AvgIpc) is 2.54. The van der Waals surface area contributed by atoms with Crippen LogP contribution in [0.25, 0.3) is 11.1 Å². The highest BCUT2D eigenvalue weighted by Gasteiger charge is 2.12. The summed E-state index contributed by atoms with van der Waals surface area (Å²) in [5.74, 6) is -0.881. The standard InChI is InChI=1S/C19H23FN2O.ClH/c1-4-21-9-10-22-19(23)17-8-7-16(12-18(17)20)15-6-5-13(2)14(3)11-15;/h5-8,11-12,21H,4,9-10H2,1-3H3,(H,22,23);1H. The molecule has 0 fully saturated rings. The summed E-state index contributed by atoms with van der Waals surface area (Å²) in [6.45, 7) is 8.05. The second-order valence-electron chi connectivity index (χ2n) is 5.60. The Hall–Kier alpha value is -1.91. The van der Waals surface area contributed by atoms with Crippen LogP contribution in [-0.4, -0.2) is 25.5 Å². The van der Waals surface area contributed by atoms with Crippen molar-refractivity contribution in [2.45, 2.75) is 20.8 Å². The third-order valence-corrected chi connectivity index (χ3v) is 3.89. The molecule has 2 rings (SSSR count). The second kappa shape index (κ2) is 9.40. The zero-order valence-corrected chi connectivity index (χ0v) is 15.1. The second-order valence-corrected chi connectivity index (χ2v) is 5.60. The first-order valence-corrected chi connectivity index (χ1v) is 7.89. The minimum absolute atomic E-state index is 0. The van der Waals surface area contributed by atoms with Crippen LogP contribution in [0.15, 0.2) is 36.4 Å². The first kappa shape index (κ1) is 20.1. The van der Waals surface area contributed by atoms with Gasteiger partial charge in [0.1, 0.15) is 5.82 Å². The van der Waals surface area contributed by atoms with Gasteiger partial charge in [-0.1, -0.05) is 31.2 Å². The molecule has 0 saturated carbocycles. The monoisotopic (exact) mass is 350 g/mol. The molecule has 0 saturated heterocycles. The minimum Gasteiger partial charge on any atom is -0.351 e. The number of rotatable bonds is 6. The fourth-order valence-electron chi connectivity index (χ4n) is 2.34. The number of benzene rings is 2. The number of halogens is 2. The van der Waals surface area contributed by atoms with Crippen LogP contribution in [-0.2, 0) is 0 Å². The van der Waals surface area contributed by atoms with Crippen LogP contribution in [0.3, 0.4) is 0 Å². The van der Waals surface area contributed by atoms with Gasteiger partial charge in [0.15, 0.2) is 0 Å². The van der Waals surface area contributed by atoms with E-state index in [1.54, 1.807) is 12.1 Å². The lowest BCUT2D eigenvalue weighted by Crippen LogP contribution is -2.32. The van der Waals surface area contributed by atoms with Crippen LogP contribution in [0.4, 0.5) is 4.39 Å². The van der Waals surface area contributed by atoms with Crippen molar-refractivity contribution in [3.63, 3.8) is 0 Å². The van der Waals surface area contributed by atoms with E-state index in [4.69, 9.17) is 0 Å². The third kappa shape index (κ3) is 5.05. The lowest BCUT2D eigenvalue weighted by molar-refractivity contribution is 0.0950. The molecule has 2 N–H and O–H groups in total. The van der Waals surface area contributed by atoms with Crippen molar-refractivity contribution in [1.29, 1.82) is 0 Å². The minimum atomic E-state index is -0.498.